The van der Waals surface area contributed by atoms with Crippen LogP contribution in [0.4, 0.5) is 0 Å². The number of carbonyl (C=O) groups is 8. The molecule has 0 bridgehead atoms. The molecule has 16 heteroatoms. The van der Waals surface area contributed by atoms with Crippen LogP contribution >= 0.6 is 0 Å². The Bertz CT molecular complexity index is 1990. The second-order valence-corrected chi connectivity index (χ2v) is 20.1. The van der Waals surface area contributed by atoms with Crippen LogP contribution < -0.4 is 69.3 Å². The normalized spacial score (nSPS) is 40.0. The summed E-state index contributed by atoms with van der Waals surface area (Å²) in [6, 6.07) is 0. The van der Waals surface area contributed by atoms with E-state index in [4.69, 9.17) is 0 Å². The molecule has 0 aromatic heterocycles. The van der Waals surface area contributed by atoms with Crippen LogP contribution in [0.25, 0.3) is 0 Å². The Kier molecular flexibility index (Phi) is 16.5. The molecule has 64 heavy (non-hydrogen) atoms. The number of aliphatic hydroxyl groups is 4. The predicted molar refractivity (Wildman–Crippen MR) is 217 cm³/mol. The molecule has 0 heterocycles. The summed E-state index contributed by atoms with van der Waals surface area (Å²) in [7, 11) is 0. The number of fused-ring (bicyclic) bond motifs is 10. The fourth-order valence-corrected chi connectivity index (χ4v) is 14.1. The minimum Gasteiger partial charge on any atom is -0.550 e. The molecule has 4 N–H and O–H groups in total. The standard InChI is InChI=1S/2C22H28O5.C4H6O4.2Na/c2*1-12-8-14(24)9-13-4-5-15-16-6-7-22(27,18(26)11-23)20(16,2)10-17(25)19(15)21(12,13)3;5-3(6)1-2-4(7)8;;/h2*8-9,15-16,19,23,27H,4-7,10-11H2,1-3H3;1-2H2,(H,5,6)(H,7,8);;/q;;;2*+1/p-2/t15?,16?,19?,20-,21-,22-;15-,16?,19+,20+,21+,22+;;;/m01.../s1. The molecular formula is C48H60Na2O14. The number of hydrogen-bond acceptors (Lipinski definition) is 14. The molecule has 338 valence electrons. The number of carboxylic acids is 2. The van der Waals surface area contributed by atoms with E-state index in [0.717, 1.165) is 48.0 Å². The second-order valence-electron chi connectivity index (χ2n) is 20.1. The van der Waals surface area contributed by atoms with Crippen LogP contribution in [0.1, 0.15) is 119 Å². The number of hydrogen-bond donors (Lipinski definition) is 4. The summed E-state index contributed by atoms with van der Waals surface area (Å²) < 4.78 is 0. The fourth-order valence-electron chi connectivity index (χ4n) is 14.1. The molecule has 4 unspecified atom stereocenters. The second kappa shape index (κ2) is 19.4. The molecule has 8 rings (SSSR count). The van der Waals surface area contributed by atoms with Crippen molar-refractivity contribution < 1.29 is 128 Å². The molecule has 0 aromatic rings. The number of allylic oxidation sites excluding steroid dienone is 8. The molecule has 8 aliphatic rings. The Morgan fingerprint density at radius 2 is 0.922 bits per heavy atom. The molecular weight excluding hydrogens is 846 g/mol. The van der Waals surface area contributed by atoms with Gasteiger partial charge in [-0.1, -0.05) is 50.0 Å². The molecule has 0 amide bonds. The van der Waals surface area contributed by atoms with Crippen molar-refractivity contribution in [3.63, 3.8) is 0 Å². The topological polar surface area (TPSA) is 264 Å². The van der Waals surface area contributed by atoms with Crippen molar-refractivity contribution in [2.45, 2.75) is 130 Å². The third-order valence-electron chi connectivity index (χ3n) is 17.6. The number of aliphatic carboxylic acids is 2. The molecule has 0 aliphatic heterocycles. The summed E-state index contributed by atoms with van der Waals surface area (Å²) in [6.07, 6.45) is 11.1. The van der Waals surface area contributed by atoms with Crippen LogP contribution in [-0.4, -0.2) is 91.5 Å². The first-order valence-corrected chi connectivity index (χ1v) is 21.9. The molecule has 8 aliphatic carbocycles. The largest absolute Gasteiger partial charge is 1.00 e. The predicted octanol–water partition coefficient (Wildman–Crippen LogP) is -4.41. The average molecular weight is 907 g/mol. The Hall–Kier alpha value is -2.24. The summed E-state index contributed by atoms with van der Waals surface area (Å²) in [4.78, 5) is 94.6. The van der Waals surface area contributed by atoms with Crippen LogP contribution in [0.15, 0.2) is 46.6 Å². The number of rotatable bonds is 7. The zero-order valence-corrected chi connectivity index (χ0v) is 42.5. The van der Waals surface area contributed by atoms with Crippen molar-refractivity contribution in [1.29, 1.82) is 0 Å². The van der Waals surface area contributed by atoms with Crippen molar-refractivity contribution in [2.24, 2.45) is 57.2 Å². The summed E-state index contributed by atoms with van der Waals surface area (Å²) in [5.41, 5.74) is -1.83. The van der Waals surface area contributed by atoms with E-state index in [2.05, 4.69) is 13.8 Å². The molecule has 0 radical (unpaired) electrons. The Balaban J connectivity index is 0.000000234. The number of ketones is 6. The molecule has 0 saturated heterocycles. The number of aliphatic hydroxyl groups excluding tert-OH is 2. The molecule has 0 spiro atoms. The van der Waals surface area contributed by atoms with Crippen molar-refractivity contribution in [2.75, 3.05) is 13.2 Å². The minimum absolute atomic E-state index is 0. The van der Waals surface area contributed by atoms with Gasteiger partial charge in [0.2, 0.25) is 0 Å². The Morgan fingerprint density at radius 1 is 0.594 bits per heavy atom. The number of carbonyl (C=O) groups excluding carboxylic acids is 8. The van der Waals surface area contributed by atoms with Crippen LogP contribution in [-0.2, 0) is 38.4 Å². The molecule has 6 saturated carbocycles. The molecule has 6 fully saturated rings. The Morgan fingerprint density at radius 3 is 1.22 bits per heavy atom. The van der Waals surface area contributed by atoms with Gasteiger partial charge < -0.3 is 40.2 Å². The van der Waals surface area contributed by atoms with Crippen molar-refractivity contribution in [1.82, 2.24) is 0 Å². The van der Waals surface area contributed by atoms with E-state index in [1.807, 2.05) is 27.7 Å². The van der Waals surface area contributed by atoms with Gasteiger partial charge in [-0.2, -0.15) is 0 Å². The maximum atomic E-state index is 13.4. The van der Waals surface area contributed by atoms with Crippen LogP contribution in [0, 0.1) is 57.2 Å². The third kappa shape index (κ3) is 8.40. The van der Waals surface area contributed by atoms with Gasteiger partial charge in [-0.3, -0.25) is 28.8 Å². The van der Waals surface area contributed by atoms with E-state index in [1.54, 1.807) is 24.3 Å². The maximum Gasteiger partial charge on any atom is 1.00 e. The van der Waals surface area contributed by atoms with E-state index in [0.29, 0.717) is 25.7 Å². The van der Waals surface area contributed by atoms with Gasteiger partial charge >= 0.3 is 59.1 Å². The van der Waals surface area contributed by atoms with Gasteiger partial charge in [-0.25, -0.2) is 0 Å². The first-order valence-electron chi connectivity index (χ1n) is 21.9. The first-order chi connectivity index (χ1) is 28.8. The van der Waals surface area contributed by atoms with Crippen molar-refractivity contribution >= 4 is 46.6 Å². The number of Topliss-reactive ketones (excluding diaryl/α,β-unsaturated/α-hetero) is 4. The van der Waals surface area contributed by atoms with Gasteiger partial charge in [0.1, 0.15) is 36.0 Å². The minimum atomic E-state index is -1.63. The van der Waals surface area contributed by atoms with Gasteiger partial charge in [0.25, 0.3) is 0 Å². The van der Waals surface area contributed by atoms with Gasteiger partial charge in [-0.15, -0.1) is 0 Å². The molecule has 0 aromatic carbocycles. The monoisotopic (exact) mass is 906 g/mol. The average Bonchev–Trinajstić information content (AvgIpc) is 3.63. The smallest absolute Gasteiger partial charge is 0.550 e. The van der Waals surface area contributed by atoms with Crippen molar-refractivity contribution in [3.05, 3.63) is 46.6 Å². The third-order valence-corrected chi connectivity index (χ3v) is 17.6. The van der Waals surface area contributed by atoms with Crippen LogP contribution in [0.2, 0.25) is 0 Å². The van der Waals surface area contributed by atoms with E-state index < -0.39 is 82.4 Å². The maximum absolute atomic E-state index is 13.4. The summed E-state index contributed by atoms with van der Waals surface area (Å²) in [6.45, 7) is 10.3. The number of carboxylic acid groups (broad SMARTS) is 2. The fraction of sp³-hybridized carbons (Fsp3) is 0.667. The van der Waals surface area contributed by atoms with Gasteiger partial charge in [0.15, 0.2) is 23.1 Å². The van der Waals surface area contributed by atoms with E-state index in [1.165, 1.54) is 0 Å². The van der Waals surface area contributed by atoms with Crippen LogP contribution in [0.5, 0.6) is 0 Å². The van der Waals surface area contributed by atoms with Crippen LogP contribution in [0.3, 0.4) is 0 Å². The van der Waals surface area contributed by atoms with Gasteiger partial charge in [0, 0.05) is 58.3 Å². The first kappa shape index (κ1) is 54.4. The zero-order chi connectivity index (χ0) is 46.1. The summed E-state index contributed by atoms with van der Waals surface area (Å²) in [5, 5.41) is 60.1. The molecule has 12 atom stereocenters. The SMILES string of the molecule is CC1=CC(=O)C=C2CCC3C(C(=O)C[C@@]4(C)C3CC[C@]4(O)C(=O)CO)[C@@]12C.CC1=CC(=O)C=C2CC[C@@H]3C4CC[C@](O)(C(=O)CO)[C@@]4(C)CC(=O)[C@H]3[C@@]12C.O=C([O-])CCC(=O)[O-].[Na+].[Na+]. The van der Waals surface area contributed by atoms with E-state index >= 15 is 0 Å². The zero-order valence-electron chi connectivity index (χ0n) is 38.5. The van der Waals surface area contributed by atoms with Gasteiger partial charge in [0.05, 0.1) is 0 Å². The summed E-state index contributed by atoms with van der Waals surface area (Å²) in [5.74, 6) is -3.90. The quantitative estimate of drug-likeness (QED) is 0.176. The Labute approximate surface area is 418 Å². The summed E-state index contributed by atoms with van der Waals surface area (Å²) >= 11 is 0. The van der Waals surface area contributed by atoms with E-state index in [-0.39, 0.29) is 131 Å². The van der Waals surface area contributed by atoms with E-state index in [9.17, 15) is 69.0 Å². The van der Waals surface area contributed by atoms with Crippen molar-refractivity contribution in [3.8, 4) is 0 Å². The van der Waals surface area contributed by atoms with Gasteiger partial charge in [-0.05, 0) is 126 Å². The molecule has 14 nitrogen and oxygen atoms in total.